The molecule has 30 heavy (non-hydrogen) atoms. The molecule has 4 aromatic rings. The molecule has 0 fully saturated rings. The van der Waals surface area contributed by atoms with E-state index in [1.165, 1.54) is 11.3 Å². The van der Waals surface area contributed by atoms with Crippen LogP contribution < -0.4 is 0 Å². The van der Waals surface area contributed by atoms with E-state index in [1.54, 1.807) is 35.7 Å². The molecule has 0 aliphatic carbocycles. The number of hydrogen-bond donors (Lipinski definition) is 0. The highest BCUT2D eigenvalue weighted by molar-refractivity contribution is 7.13. The summed E-state index contributed by atoms with van der Waals surface area (Å²) in [6.45, 7) is 0.102. The Hall–Kier alpha value is -3.77. The van der Waals surface area contributed by atoms with Crippen molar-refractivity contribution in [1.29, 1.82) is 5.26 Å². The minimum absolute atomic E-state index is 0.156. The van der Waals surface area contributed by atoms with Gasteiger partial charge in [0.25, 0.3) is 0 Å². The maximum absolute atomic E-state index is 12.7. The lowest BCUT2D eigenvalue weighted by Gasteiger charge is -2.01. The van der Waals surface area contributed by atoms with E-state index in [-0.39, 0.29) is 18.1 Å². The minimum Gasteiger partial charge on any atom is -0.453 e. The fraction of sp³-hybridized carbons (Fsp3) is 0.190. The molecule has 0 bridgehead atoms. The third-order valence-electron chi connectivity index (χ3n) is 4.55. The molecule has 0 saturated heterocycles. The number of aryl methyl sites for hydroxylation is 2. The third-order valence-corrected chi connectivity index (χ3v) is 5.44. The van der Waals surface area contributed by atoms with Crippen LogP contribution in [0.4, 0.5) is 0 Å². The number of Topliss-reactive ketones (excluding diaryl/α,β-unsaturated/α-hetero) is 1. The number of carbonyl (C=O) groups is 2. The number of ether oxygens (including phenoxy) is 1. The zero-order valence-electron chi connectivity index (χ0n) is 16.1. The summed E-state index contributed by atoms with van der Waals surface area (Å²) in [6.07, 6.45) is 5.52. The molecule has 150 valence electrons. The van der Waals surface area contributed by atoms with Gasteiger partial charge in [0.1, 0.15) is 5.01 Å². The zero-order valence-corrected chi connectivity index (χ0v) is 16.9. The largest absolute Gasteiger partial charge is 0.453 e. The number of ketones is 1. The van der Waals surface area contributed by atoms with Crippen molar-refractivity contribution in [3.8, 4) is 16.6 Å². The number of thiazole rings is 1. The number of nitrogens with zero attached hydrogens (tertiary/aromatic N) is 5. The summed E-state index contributed by atoms with van der Waals surface area (Å²) < 4.78 is 8.73. The van der Waals surface area contributed by atoms with Crippen molar-refractivity contribution in [2.24, 2.45) is 7.05 Å². The van der Waals surface area contributed by atoms with Gasteiger partial charge in [-0.2, -0.15) is 10.4 Å². The monoisotopic (exact) mass is 419 g/mol. The van der Waals surface area contributed by atoms with Gasteiger partial charge in [-0.25, -0.2) is 9.78 Å². The van der Waals surface area contributed by atoms with E-state index in [4.69, 9.17) is 10.00 Å². The fourth-order valence-electron chi connectivity index (χ4n) is 3.14. The Kier molecular flexibility index (Phi) is 5.41. The van der Waals surface area contributed by atoms with Gasteiger partial charge in [0, 0.05) is 53.4 Å². The lowest BCUT2D eigenvalue weighted by molar-refractivity contribution is 0.0470. The molecule has 0 atom stereocenters. The van der Waals surface area contributed by atoms with Gasteiger partial charge in [0.05, 0.1) is 18.7 Å². The average molecular weight is 419 g/mol. The Balaban J connectivity index is 1.47. The van der Waals surface area contributed by atoms with Crippen molar-refractivity contribution in [2.45, 2.75) is 13.0 Å². The van der Waals surface area contributed by atoms with E-state index >= 15 is 0 Å². The summed E-state index contributed by atoms with van der Waals surface area (Å²) in [7, 11) is 1.80. The molecule has 0 radical (unpaired) electrons. The van der Waals surface area contributed by atoms with Crippen LogP contribution in [-0.2, 0) is 18.3 Å². The highest BCUT2D eigenvalue weighted by Gasteiger charge is 2.19. The van der Waals surface area contributed by atoms with Gasteiger partial charge in [-0.15, -0.1) is 11.3 Å². The number of aromatic nitrogens is 4. The molecule has 4 rings (SSSR count). The topological polar surface area (TPSA) is 103 Å². The van der Waals surface area contributed by atoms with E-state index in [9.17, 15) is 9.59 Å². The molecule has 0 spiro atoms. The van der Waals surface area contributed by atoms with Gasteiger partial charge in [-0.3, -0.25) is 9.48 Å². The number of benzene rings is 1. The minimum atomic E-state index is -0.650. The van der Waals surface area contributed by atoms with Crippen LogP contribution in [0.25, 0.3) is 21.5 Å². The molecule has 0 aliphatic heterocycles. The normalized spacial score (nSPS) is 10.8. The van der Waals surface area contributed by atoms with Crippen molar-refractivity contribution in [1.82, 2.24) is 19.3 Å². The Labute approximate surface area is 175 Å². The molecule has 9 heteroatoms. The van der Waals surface area contributed by atoms with Crippen LogP contribution in [0.1, 0.15) is 27.3 Å². The molecule has 1 aromatic carbocycles. The first-order valence-corrected chi connectivity index (χ1v) is 10.0. The molecule has 3 aromatic heterocycles. The smallest absolute Gasteiger partial charge is 0.358 e. The highest BCUT2D eigenvalue weighted by Crippen LogP contribution is 2.24. The SMILES string of the molecule is Cn1cc(-c2nc(C(=O)OCC(=O)c3cn(CCC#N)c4ccccc34)cs2)cn1. The predicted molar refractivity (Wildman–Crippen MR) is 111 cm³/mol. The van der Waals surface area contributed by atoms with Crippen LogP contribution in [-0.4, -0.2) is 37.7 Å². The van der Waals surface area contributed by atoms with Crippen molar-refractivity contribution < 1.29 is 14.3 Å². The van der Waals surface area contributed by atoms with Crippen LogP contribution in [0.15, 0.2) is 48.2 Å². The van der Waals surface area contributed by atoms with Gasteiger partial charge in [-0.05, 0) is 6.07 Å². The van der Waals surface area contributed by atoms with Crippen molar-refractivity contribution in [2.75, 3.05) is 6.61 Å². The first-order valence-electron chi connectivity index (χ1n) is 9.16. The summed E-state index contributed by atoms with van der Waals surface area (Å²) in [5.74, 6) is -0.957. The van der Waals surface area contributed by atoms with Gasteiger partial charge in [0.15, 0.2) is 12.3 Å². The summed E-state index contributed by atoms with van der Waals surface area (Å²) in [4.78, 5) is 29.4. The number of rotatable bonds is 7. The van der Waals surface area contributed by atoms with Crippen LogP contribution in [0.5, 0.6) is 0 Å². The molecule has 0 N–H and O–H groups in total. The van der Waals surface area contributed by atoms with E-state index < -0.39 is 5.97 Å². The van der Waals surface area contributed by atoms with Gasteiger partial charge < -0.3 is 9.30 Å². The maximum Gasteiger partial charge on any atom is 0.358 e. The Morgan fingerprint density at radius 1 is 1.27 bits per heavy atom. The van der Waals surface area contributed by atoms with Crippen LogP contribution in [0.3, 0.4) is 0 Å². The fourth-order valence-corrected chi connectivity index (χ4v) is 3.90. The number of carbonyl (C=O) groups excluding carboxylic acids is 2. The molecule has 0 amide bonds. The number of hydrogen-bond acceptors (Lipinski definition) is 7. The second-order valence-corrected chi connectivity index (χ2v) is 7.46. The van der Waals surface area contributed by atoms with E-state index in [2.05, 4.69) is 16.2 Å². The van der Waals surface area contributed by atoms with E-state index in [0.717, 1.165) is 16.5 Å². The number of fused-ring (bicyclic) bond motifs is 1. The van der Waals surface area contributed by atoms with Gasteiger partial charge >= 0.3 is 5.97 Å². The molecule has 3 heterocycles. The second-order valence-electron chi connectivity index (χ2n) is 6.60. The molecule has 0 aliphatic rings. The van der Waals surface area contributed by atoms with Crippen molar-refractivity contribution in [3.63, 3.8) is 0 Å². The van der Waals surface area contributed by atoms with Crippen LogP contribution in [0.2, 0.25) is 0 Å². The van der Waals surface area contributed by atoms with Crippen molar-refractivity contribution >= 4 is 34.0 Å². The predicted octanol–water partition coefficient (Wildman–Crippen LogP) is 3.45. The molecular formula is C21H17N5O3S. The third kappa shape index (κ3) is 3.86. The van der Waals surface area contributed by atoms with Crippen LogP contribution in [0, 0.1) is 11.3 Å². The maximum atomic E-state index is 12.7. The molecule has 0 saturated carbocycles. The first kappa shape index (κ1) is 19.5. The first-order chi connectivity index (χ1) is 14.6. The Bertz CT molecular complexity index is 1280. The molecular weight excluding hydrogens is 402 g/mol. The van der Waals surface area contributed by atoms with E-state index in [1.807, 2.05) is 28.8 Å². The average Bonchev–Trinajstić information content (AvgIpc) is 3.48. The summed E-state index contributed by atoms with van der Waals surface area (Å²) in [5, 5.41) is 16.0. The zero-order chi connectivity index (χ0) is 21.1. The number of nitriles is 1. The lowest BCUT2D eigenvalue weighted by Crippen LogP contribution is -2.14. The summed E-state index contributed by atoms with van der Waals surface area (Å²) >= 11 is 1.31. The van der Waals surface area contributed by atoms with Crippen molar-refractivity contribution in [3.05, 3.63) is 59.5 Å². The Morgan fingerprint density at radius 2 is 2.10 bits per heavy atom. The molecule has 0 unspecified atom stereocenters. The van der Waals surface area contributed by atoms with Crippen LogP contribution >= 0.6 is 11.3 Å². The summed E-state index contributed by atoms with van der Waals surface area (Å²) in [6, 6.07) is 9.56. The Morgan fingerprint density at radius 3 is 2.87 bits per heavy atom. The highest BCUT2D eigenvalue weighted by atomic mass is 32.1. The number of esters is 1. The number of para-hydroxylation sites is 1. The summed E-state index contributed by atoms with van der Waals surface area (Å²) in [5.41, 5.74) is 2.29. The quantitative estimate of drug-likeness (QED) is 0.336. The molecule has 8 nitrogen and oxygen atoms in total. The second kappa shape index (κ2) is 8.31. The van der Waals surface area contributed by atoms with Gasteiger partial charge in [0.2, 0.25) is 5.78 Å². The van der Waals surface area contributed by atoms with Gasteiger partial charge in [-0.1, -0.05) is 18.2 Å². The van der Waals surface area contributed by atoms with E-state index in [0.29, 0.717) is 23.5 Å². The lowest BCUT2D eigenvalue weighted by atomic mass is 10.1. The standard InChI is InChI=1S/C21H17N5O3S/c1-25-10-14(9-23-25)20-24-17(13-30-20)21(28)29-12-19(27)16-11-26(8-4-7-22)18-6-3-2-5-15(16)18/h2-3,5-6,9-11,13H,4,8,12H2,1H3.